The van der Waals surface area contributed by atoms with Crippen molar-refractivity contribution in [3.8, 4) is 11.1 Å². The van der Waals surface area contributed by atoms with Crippen molar-refractivity contribution in [1.82, 2.24) is 14.8 Å². The Morgan fingerprint density at radius 3 is 2.63 bits per heavy atom. The van der Waals surface area contributed by atoms with Crippen LogP contribution >= 0.6 is 11.3 Å². The molecule has 0 N–H and O–H groups in total. The van der Waals surface area contributed by atoms with Gasteiger partial charge in [-0.3, -0.25) is 9.78 Å². The van der Waals surface area contributed by atoms with Crippen molar-refractivity contribution in [2.24, 2.45) is 0 Å². The highest BCUT2D eigenvalue weighted by molar-refractivity contribution is 7.18. The van der Waals surface area contributed by atoms with Gasteiger partial charge in [0.25, 0.3) is 5.91 Å². The van der Waals surface area contributed by atoms with Crippen LogP contribution < -0.4 is 4.90 Å². The van der Waals surface area contributed by atoms with Crippen LogP contribution in [0.1, 0.15) is 16.6 Å². The number of aromatic nitrogens is 1. The SMILES string of the molecule is CCN1CCN(C(=O)c2cc(-c3cccnc3)c(N3CCOCC3)s2)CC1. The molecule has 0 unspecified atom stereocenters. The molecule has 4 heterocycles. The Bertz CT molecular complexity index is 766. The lowest BCUT2D eigenvalue weighted by atomic mass is 10.1. The van der Waals surface area contributed by atoms with E-state index in [1.54, 1.807) is 17.5 Å². The second-order valence-corrected chi connectivity index (χ2v) is 7.93. The molecular formula is C20H26N4O2S. The van der Waals surface area contributed by atoms with E-state index in [4.69, 9.17) is 4.74 Å². The summed E-state index contributed by atoms with van der Waals surface area (Å²) in [5, 5.41) is 1.15. The molecular weight excluding hydrogens is 360 g/mol. The van der Waals surface area contributed by atoms with Crippen LogP contribution in [0.5, 0.6) is 0 Å². The number of thiophene rings is 1. The third kappa shape index (κ3) is 4.00. The standard InChI is InChI=1S/C20H26N4O2S/c1-2-22-6-8-23(9-7-22)19(25)18-14-17(16-4-3-5-21-15-16)20(27-18)24-10-12-26-13-11-24/h3-5,14-15H,2,6-13H2,1H3. The summed E-state index contributed by atoms with van der Waals surface area (Å²) in [5.41, 5.74) is 2.16. The number of carbonyl (C=O) groups is 1. The van der Waals surface area contributed by atoms with Gasteiger partial charge in [-0.05, 0) is 18.7 Å². The van der Waals surface area contributed by atoms with Crippen molar-refractivity contribution >= 4 is 22.2 Å². The zero-order chi connectivity index (χ0) is 18.6. The van der Waals surface area contributed by atoms with Crippen LogP contribution in [0.2, 0.25) is 0 Å². The summed E-state index contributed by atoms with van der Waals surface area (Å²) in [6, 6.07) is 6.07. The predicted molar refractivity (Wildman–Crippen MR) is 109 cm³/mol. The summed E-state index contributed by atoms with van der Waals surface area (Å²) in [5.74, 6) is 0.153. The molecule has 0 aromatic carbocycles. The maximum atomic E-state index is 13.1. The second-order valence-electron chi connectivity index (χ2n) is 6.90. The van der Waals surface area contributed by atoms with Crippen LogP contribution in [0, 0.1) is 0 Å². The molecule has 2 aliphatic rings. The zero-order valence-electron chi connectivity index (χ0n) is 15.8. The van der Waals surface area contributed by atoms with Gasteiger partial charge in [0.1, 0.15) is 0 Å². The zero-order valence-corrected chi connectivity index (χ0v) is 16.6. The van der Waals surface area contributed by atoms with Gasteiger partial charge in [-0.25, -0.2) is 0 Å². The third-order valence-corrected chi connectivity index (χ3v) is 6.48. The number of likely N-dealkylation sites (N-methyl/N-ethyl adjacent to an activating group) is 1. The Balaban J connectivity index is 1.61. The quantitative estimate of drug-likeness (QED) is 0.808. The molecule has 0 aliphatic carbocycles. The topological polar surface area (TPSA) is 48.9 Å². The molecule has 0 bridgehead atoms. The first-order valence-corrected chi connectivity index (χ1v) is 10.5. The molecule has 7 heteroatoms. The number of hydrogen-bond acceptors (Lipinski definition) is 6. The average Bonchev–Trinajstić information content (AvgIpc) is 3.20. The van der Waals surface area contributed by atoms with Gasteiger partial charge in [0.15, 0.2) is 0 Å². The smallest absolute Gasteiger partial charge is 0.264 e. The predicted octanol–water partition coefficient (Wildman–Crippen LogP) is 2.42. The van der Waals surface area contributed by atoms with E-state index in [9.17, 15) is 4.79 Å². The Morgan fingerprint density at radius 1 is 1.19 bits per heavy atom. The highest BCUT2D eigenvalue weighted by atomic mass is 32.1. The fraction of sp³-hybridized carbons (Fsp3) is 0.500. The number of rotatable bonds is 4. The van der Waals surface area contributed by atoms with Crippen LogP contribution in [-0.2, 0) is 4.74 Å². The molecule has 2 fully saturated rings. The third-order valence-electron chi connectivity index (χ3n) is 5.30. The number of morpholine rings is 1. The number of ether oxygens (including phenoxy) is 1. The summed E-state index contributed by atoms with van der Waals surface area (Å²) in [6.45, 7) is 9.92. The first-order chi connectivity index (χ1) is 13.3. The number of nitrogens with zero attached hydrogens (tertiary/aromatic N) is 4. The molecule has 1 amide bonds. The van der Waals surface area contributed by atoms with Crippen LogP contribution in [-0.4, -0.2) is 79.7 Å². The molecule has 27 heavy (non-hydrogen) atoms. The number of piperazine rings is 1. The summed E-state index contributed by atoms with van der Waals surface area (Å²) < 4.78 is 5.51. The van der Waals surface area contributed by atoms with Gasteiger partial charge in [0.2, 0.25) is 0 Å². The van der Waals surface area contributed by atoms with E-state index in [2.05, 4.69) is 33.8 Å². The molecule has 2 saturated heterocycles. The van der Waals surface area contributed by atoms with E-state index >= 15 is 0 Å². The molecule has 4 rings (SSSR count). The summed E-state index contributed by atoms with van der Waals surface area (Å²) in [7, 11) is 0. The van der Waals surface area contributed by atoms with Crippen molar-refractivity contribution in [1.29, 1.82) is 0 Å². The Labute approximate surface area is 164 Å². The monoisotopic (exact) mass is 386 g/mol. The van der Waals surface area contributed by atoms with Crippen molar-refractivity contribution in [2.45, 2.75) is 6.92 Å². The van der Waals surface area contributed by atoms with E-state index < -0.39 is 0 Å². The fourth-order valence-corrected chi connectivity index (χ4v) is 4.84. The number of hydrogen-bond donors (Lipinski definition) is 0. The van der Waals surface area contributed by atoms with Crippen molar-refractivity contribution < 1.29 is 9.53 Å². The average molecular weight is 387 g/mol. The minimum atomic E-state index is 0.153. The van der Waals surface area contributed by atoms with Crippen LogP contribution in [0.25, 0.3) is 11.1 Å². The van der Waals surface area contributed by atoms with Gasteiger partial charge in [-0.15, -0.1) is 11.3 Å². The normalized spacial score (nSPS) is 18.7. The number of amides is 1. The lowest BCUT2D eigenvalue weighted by molar-refractivity contribution is 0.0648. The van der Waals surface area contributed by atoms with Gasteiger partial charge in [-0.1, -0.05) is 13.0 Å². The molecule has 2 aromatic rings. The van der Waals surface area contributed by atoms with E-state index in [1.807, 2.05) is 17.2 Å². The molecule has 144 valence electrons. The maximum Gasteiger partial charge on any atom is 0.264 e. The van der Waals surface area contributed by atoms with Gasteiger partial charge in [0, 0.05) is 62.8 Å². The van der Waals surface area contributed by atoms with Gasteiger partial charge in [0.05, 0.1) is 23.1 Å². The first-order valence-electron chi connectivity index (χ1n) is 9.65. The Hall–Kier alpha value is -1.96. The van der Waals surface area contributed by atoms with Gasteiger partial charge >= 0.3 is 0 Å². The first kappa shape index (κ1) is 18.4. The summed E-state index contributed by atoms with van der Waals surface area (Å²) in [4.78, 5) is 24.9. The van der Waals surface area contributed by atoms with E-state index in [1.165, 1.54) is 0 Å². The van der Waals surface area contributed by atoms with Crippen LogP contribution in [0.4, 0.5) is 5.00 Å². The van der Waals surface area contributed by atoms with Crippen molar-refractivity contribution in [3.63, 3.8) is 0 Å². The largest absolute Gasteiger partial charge is 0.378 e. The Kier molecular flexibility index (Phi) is 5.71. The second kappa shape index (κ2) is 8.37. The number of anilines is 1. The van der Waals surface area contributed by atoms with Gasteiger partial charge < -0.3 is 19.4 Å². The molecule has 0 atom stereocenters. The minimum Gasteiger partial charge on any atom is -0.378 e. The minimum absolute atomic E-state index is 0.153. The van der Waals surface area contributed by atoms with E-state index in [0.29, 0.717) is 0 Å². The van der Waals surface area contributed by atoms with E-state index in [-0.39, 0.29) is 5.91 Å². The summed E-state index contributed by atoms with van der Waals surface area (Å²) in [6.07, 6.45) is 3.66. The van der Waals surface area contributed by atoms with Crippen molar-refractivity contribution in [2.75, 3.05) is 63.9 Å². The number of carbonyl (C=O) groups excluding carboxylic acids is 1. The summed E-state index contributed by atoms with van der Waals surface area (Å²) >= 11 is 1.61. The molecule has 6 nitrogen and oxygen atoms in total. The van der Waals surface area contributed by atoms with Gasteiger partial charge in [-0.2, -0.15) is 0 Å². The highest BCUT2D eigenvalue weighted by Gasteiger charge is 2.26. The van der Waals surface area contributed by atoms with Crippen LogP contribution in [0.15, 0.2) is 30.6 Å². The molecule has 0 radical (unpaired) electrons. The molecule has 2 aliphatic heterocycles. The maximum absolute atomic E-state index is 13.1. The fourth-order valence-electron chi connectivity index (χ4n) is 3.64. The molecule has 0 spiro atoms. The molecule has 0 saturated carbocycles. The van der Waals surface area contributed by atoms with E-state index in [0.717, 1.165) is 80.0 Å². The van der Waals surface area contributed by atoms with Crippen molar-refractivity contribution in [3.05, 3.63) is 35.5 Å². The Morgan fingerprint density at radius 2 is 1.96 bits per heavy atom. The van der Waals surface area contributed by atoms with Crippen LogP contribution in [0.3, 0.4) is 0 Å². The lowest BCUT2D eigenvalue weighted by Gasteiger charge is -2.33. The molecule has 2 aromatic heterocycles. The lowest BCUT2D eigenvalue weighted by Crippen LogP contribution is -2.48. The highest BCUT2D eigenvalue weighted by Crippen LogP contribution is 2.39. The number of pyridine rings is 1.